The zero-order valence-corrected chi connectivity index (χ0v) is 17.2. The lowest BCUT2D eigenvalue weighted by molar-refractivity contribution is 0.103. The van der Waals surface area contributed by atoms with Crippen LogP contribution in [0.3, 0.4) is 0 Å². The molecule has 0 fully saturated rings. The molecule has 6 rings (SSSR count). The van der Waals surface area contributed by atoms with Gasteiger partial charge in [0.25, 0.3) is 0 Å². The van der Waals surface area contributed by atoms with E-state index in [9.17, 15) is 9.59 Å². The van der Waals surface area contributed by atoms with Crippen LogP contribution in [0.25, 0.3) is 33.0 Å². The molecule has 2 nitrogen and oxygen atoms in total. The van der Waals surface area contributed by atoms with Gasteiger partial charge in [0, 0.05) is 33.4 Å². The van der Waals surface area contributed by atoms with E-state index in [-0.39, 0.29) is 11.6 Å². The molecule has 0 aromatic heterocycles. The molecule has 0 bridgehead atoms. The number of hydrogen-bond acceptors (Lipinski definition) is 2. The Labute approximate surface area is 185 Å². The highest BCUT2D eigenvalue weighted by molar-refractivity contribution is 6.34. The van der Waals surface area contributed by atoms with Crippen molar-refractivity contribution in [2.24, 2.45) is 0 Å². The zero-order chi connectivity index (χ0) is 21.7. The van der Waals surface area contributed by atoms with Gasteiger partial charge < -0.3 is 0 Å². The van der Waals surface area contributed by atoms with Crippen LogP contribution in [0, 0.1) is 0 Å². The number of hydrogen-bond donors (Lipinski definition) is 0. The molecule has 150 valence electrons. The van der Waals surface area contributed by atoms with Crippen molar-refractivity contribution in [3.63, 3.8) is 0 Å². The highest BCUT2D eigenvalue weighted by atomic mass is 16.1. The van der Waals surface area contributed by atoms with E-state index in [1.54, 1.807) is 0 Å². The summed E-state index contributed by atoms with van der Waals surface area (Å²) in [6, 6.07) is 34.7. The van der Waals surface area contributed by atoms with E-state index in [0.717, 1.165) is 33.0 Å². The fourth-order valence-electron chi connectivity index (χ4n) is 4.84. The third-order valence-corrected chi connectivity index (χ3v) is 6.21. The maximum atomic E-state index is 14.0. The van der Waals surface area contributed by atoms with Gasteiger partial charge in [-0.25, -0.2) is 0 Å². The van der Waals surface area contributed by atoms with E-state index in [0.29, 0.717) is 22.3 Å². The fraction of sp³-hybridized carbons (Fsp3) is 0. The molecule has 0 saturated heterocycles. The summed E-state index contributed by atoms with van der Waals surface area (Å²) in [7, 11) is 0. The monoisotopic (exact) mass is 410 g/mol. The normalized spacial score (nSPS) is 11.9. The lowest BCUT2D eigenvalue weighted by Gasteiger charge is -2.19. The van der Waals surface area contributed by atoms with Gasteiger partial charge in [0.15, 0.2) is 11.6 Å². The first-order valence-electron chi connectivity index (χ1n) is 10.6. The van der Waals surface area contributed by atoms with Crippen LogP contribution in [-0.4, -0.2) is 11.6 Å². The van der Waals surface area contributed by atoms with Crippen LogP contribution < -0.4 is 0 Å². The molecule has 0 unspecified atom stereocenters. The molecular weight excluding hydrogens is 392 g/mol. The van der Waals surface area contributed by atoms with Crippen molar-refractivity contribution in [2.45, 2.75) is 0 Å². The summed E-state index contributed by atoms with van der Waals surface area (Å²) in [5, 5.41) is 1.63. The number of fused-ring (bicyclic) bond motifs is 5. The average Bonchev–Trinajstić information content (AvgIpc) is 3.16. The molecule has 0 heterocycles. The minimum absolute atomic E-state index is 0.0164. The first-order chi connectivity index (χ1) is 15.8. The Morgan fingerprint density at radius 2 is 1.06 bits per heavy atom. The number of carbonyl (C=O) groups is 2. The van der Waals surface area contributed by atoms with Crippen molar-refractivity contribution in [3.8, 4) is 22.3 Å². The Balaban J connectivity index is 1.83. The summed E-state index contributed by atoms with van der Waals surface area (Å²) in [5.74, 6) is -0.0250. The Morgan fingerprint density at radius 1 is 0.500 bits per heavy atom. The van der Waals surface area contributed by atoms with Crippen molar-refractivity contribution in [1.82, 2.24) is 0 Å². The van der Waals surface area contributed by atoms with E-state index < -0.39 is 0 Å². The molecule has 5 aromatic rings. The molecular formula is C30H18O2. The summed E-state index contributed by atoms with van der Waals surface area (Å²) < 4.78 is 0. The van der Waals surface area contributed by atoms with Gasteiger partial charge in [0.2, 0.25) is 0 Å². The summed E-state index contributed by atoms with van der Waals surface area (Å²) >= 11 is 0. The zero-order valence-electron chi connectivity index (χ0n) is 17.2. The molecule has 2 heteroatoms. The van der Waals surface area contributed by atoms with E-state index in [4.69, 9.17) is 0 Å². The SMILES string of the molecule is O=C(c1ccccc1)c1c(-c2ccccc2)c2c(c3ccccc13)C(=O)c1ccccc1-2. The molecule has 0 radical (unpaired) electrons. The molecule has 5 aromatic carbocycles. The number of benzene rings is 5. The van der Waals surface area contributed by atoms with Crippen molar-refractivity contribution < 1.29 is 9.59 Å². The van der Waals surface area contributed by atoms with Crippen LogP contribution in [0.1, 0.15) is 31.8 Å². The Kier molecular flexibility index (Phi) is 4.12. The van der Waals surface area contributed by atoms with Gasteiger partial charge in [-0.2, -0.15) is 0 Å². The maximum Gasteiger partial charge on any atom is 0.194 e. The topological polar surface area (TPSA) is 34.1 Å². The van der Waals surface area contributed by atoms with Crippen LogP contribution in [0.4, 0.5) is 0 Å². The van der Waals surface area contributed by atoms with Crippen molar-refractivity contribution in [1.29, 1.82) is 0 Å². The summed E-state index contributed by atoms with van der Waals surface area (Å²) in [4.78, 5) is 27.5. The smallest absolute Gasteiger partial charge is 0.194 e. The van der Waals surface area contributed by atoms with Crippen LogP contribution in [-0.2, 0) is 0 Å². The Bertz CT molecular complexity index is 1530. The second-order valence-electron chi connectivity index (χ2n) is 7.98. The van der Waals surface area contributed by atoms with E-state index >= 15 is 0 Å². The maximum absolute atomic E-state index is 14.0. The highest BCUT2D eigenvalue weighted by Crippen LogP contribution is 2.49. The molecule has 1 aliphatic carbocycles. The fourth-order valence-corrected chi connectivity index (χ4v) is 4.84. The third kappa shape index (κ3) is 2.60. The molecule has 0 amide bonds. The minimum atomic E-state index is -0.0414. The molecule has 32 heavy (non-hydrogen) atoms. The van der Waals surface area contributed by atoms with Gasteiger partial charge in [0.05, 0.1) is 0 Å². The van der Waals surface area contributed by atoms with Crippen molar-refractivity contribution >= 4 is 22.3 Å². The minimum Gasteiger partial charge on any atom is -0.289 e. The quantitative estimate of drug-likeness (QED) is 0.296. The van der Waals surface area contributed by atoms with E-state index in [1.807, 2.05) is 109 Å². The second kappa shape index (κ2) is 7.14. The summed E-state index contributed by atoms with van der Waals surface area (Å²) in [6.07, 6.45) is 0. The summed E-state index contributed by atoms with van der Waals surface area (Å²) in [6.45, 7) is 0. The molecule has 0 N–H and O–H groups in total. The number of ketones is 2. The predicted octanol–water partition coefficient (Wildman–Crippen LogP) is 6.95. The van der Waals surface area contributed by atoms with Crippen LogP contribution in [0.2, 0.25) is 0 Å². The molecule has 0 spiro atoms. The standard InChI is InChI=1S/C30H18O2/c31-29(20-13-5-2-6-14-20)27-21-15-7-8-16-22(21)28-26(25(27)19-11-3-1-4-12-19)23-17-9-10-18-24(23)30(28)32/h1-18H. The predicted molar refractivity (Wildman–Crippen MR) is 128 cm³/mol. The lowest BCUT2D eigenvalue weighted by Crippen LogP contribution is -2.08. The lowest BCUT2D eigenvalue weighted by atomic mass is 9.82. The van der Waals surface area contributed by atoms with Crippen LogP contribution in [0.15, 0.2) is 109 Å². The highest BCUT2D eigenvalue weighted by Gasteiger charge is 2.34. The summed E-state index contributed by atoms with van der Waals surface area (Å²) in [5.41, 5.74) is 6.15. The van der Waals surface area contributed by atoms with E-state index in [1.165, 1.54) is 0 Å². The number of carbonyl (C=O) groups excluding carboxylic acids is 2. The Morgan fingerprint density at radius 3 is 1.78 bits per heavy atom. The first-order valence-corrected chi connectivity index (χ1v) is 10.6. The van der Waals surface area contributed by atoms with E-state index in [2.05, 4.69) is 0 Å². The largest absolute Gasteiger partial charge is 0.289 e. The van der Waals surface area contributed by atoms with Gasteiger partial charge in [-0.05, 0) is 21.9 Å². The van der Waals surface area contributed by atoms with Gasteiger partial charge in [-0.3, -0.25) is 9.59 Å². The van der Waals surface area contributed by atoms with Crippen molar-refractivity contribution in [3.05, 3.63) is 131 Å². The third-order valence-electron chi connectivity index (χ3n) is 6.21. The average molecular weight is 410 g/mol. The van der Waals surface area contributed by atoms with Gasteiger partial charge in [-0.1, -0.05) is 109 Å². The molecule has 0 aliphatic heterocycles. The Hall–Kier alpha value is -4.30. The van der Waals surface area contributed by atoms with Crippen LogP contribution in [0.5, 0.6) is 0 Å². The van der Waals surface area contributed by atoms with Gasteiger partial charge in [0.1, 0.15) is 0 Å². The first kappa shape index (κ1) is 18.5. The van der Waals surface area contributed by atoms with Crippen molar-refractivity contribution in [2.75, 3.05) is 0 Å². The van der Waals surface area contributed by atoms with Gasteiger partial charge >= 0.3 is 0 Å². The van der Waals surface area contributed by atoms with Gasteiger partial charge in [-0.15, -0.1) is 0 Å². The second-order valence-corrected chi connectivity index (χ2v) is 7.98. The molecule has 1 aliphatic rings. The molecule has 0 saturated carbocycles. The molecule has 0 atom stereocenters. The van der Waals surface area contributed by atoms with Crippen LogP contribution >= 0.6 is 0 Å². The number of rotatable bonds is 3.